The fourth-order valence-corrected chi connectivity index (χ4v) is 15.8. The third kappa shape index (κ3) is 25.3. The van der Waals surface area contributed by atoms with E-state index < -0.39 is 435 Å². The van der Waals surface area contributed by atoms with Crippen LogP contribution in [0, 0.1) is 0 Å². The molecule has 75 heteroatoms. The molecule has 0 atom stereocenters. The first-order chi connectivity index (χ1) is 63.6. The standard InChI is InChI=1S/2C36H8BF36.Mg/c2*38-25(39,40)9-1-13(29(50,51)52)21(14(2-9)30(53,54)55)37(22-15(31(56,57)58)3-10(26(41,42)43)4-16(22)32(59,60)61,23-17(33(62,63)64)5-11(27(44,45)46)6-18(23)34(65,66)67)24-19(35(68,69)70)7-12(28(47,48)49)8-20(24)36(71,72)73;/h2*1-8H;/q2*-1;+2. The Morgan fingerprint density at radius 1 is 0.0884 bits per heavy atom. The molecule has 0 heterocycles. The molecular formula is C72H16B2F72Mg. The third-order valence-electron chi connectivity index (χ3n) is 20.4. The molecule has 0 aliphatic rings. The average molecular weight is 2290 g/mol. The fourth-order valence-electron chi connectivity index (χ4n) is 15.8. The van der Waals surface area contributed by atoms with Crippen LogP contribution >= 0.6 is 0 Å². The minimum Gasteiger partial charge on any atom is -0.171 e. The van der Waals surface area contributed by atoms with Crippen LogP contribution in [-0.4, -0.2) is 35.3 Å². The molecule has 0 nitrogen and oxygen atoms in total. The molecule has 0 N–H and O–H groups in total. The predicted molar refractivity (Wildman–Crippen MR) is 346 cm³/mol. The molecule has 0 spiro atoms. The summed E-state index contributed by atoms with van der Waals surface area (Å²) in [5, 5.41) is 0. The number of alkyl halides is 72. The van der Waals surface area contributed by atoms with Crippen molar-refractivity contribution in [2.45, 2.75) is 148 Å². The Balaban J connectivity index is 0.000000446. The van der Waals surface area contributed by atoms with E-state index in [1.807, 2.05) is 0 Å². The summed E-state index contributed by atoms with van der Waals surface area (Å²) in [6.45, 7) is 0. The van der Waals surface area contributed by atoms with Gasteiger partial charge in [-0.25, -0.2) is 0 Å². The molecule has 0 radical (unpaired) electrons. The van der Waals surface area contributed by atoms with Crippen molar-refractivity contribution in [1.29, 1.82) is 0 Å². The van der Waals surface area contributed by atoms with E-state index in [2.05, 4.69) is 0 Å². The molecule has 0 aliphatic heterocycles. The first-order valence-electron chi connectivity index (χ1n) is 35.2. The van der Waals surface area contributed by atoms with E-state index in [0.29, 0.717) is 0 Å². The van der Waals surface area contributed by atoms with Crippen molar-refractivity contribution >= 4 is 79.0 Å². The molecule has 0 aliphatic carbocycles. The average Bonchev–Trinajstić information content (AvgIpc) is 0.667. The molecule has 0 bridgehead atoms. The van der Waals surface area contributed by atoms with E-state index in [9.17, 15) is 105 Å². The summed E-state index contributed by atoms with van der Waals surface area (Å²) in [7, 11) is 0. The minimum atomic E-state index is -9.45. The SMILES string of the molecule is FC(F)(F)c1cc(C(F)(F)F)c([B-](c2c(C(F)(F)F)cc(C(F)(F)F)cc2C(F)(F)F)(c2c(C(F)(F)F)cc(C(F)(F)F)cc2C(F)(F)F)c2c(C(F)(F)F)cc(C(F)(F)F)cc2C(F)(F)F)c(C(F)(F)F)c1.FC(F)(F)c1cc(C(F)(F)F)c([B-](c2c(C(F)(F)F)cc(C(F)(F)F)cc2C(F)(F)F)(c2c(C(F)(F)F)cc(C(F)(F)F)cc2C(F)(F)F)c2c(C(F)(F)F)cc(C(F)(F)F)cc2C(F)(F)F)c(C(F)(F)F)c1.[Mg+2]. The number of hydrogen-bond donors (Lipinski definition) is 0. The van der Waals surface area contributed by atoms with Crippen LogP contribution in [-0.2, 0) is 148 Å². The normalized spacial score (nSPS) is 14.7. The largest absolute Gasteiger partial charge is 2.00 e. The minimum absolute atomic E-state index is 0. The number of benzene rings is 8. The Morgan fingerprint density at radius 2 is 0.136 bits per heavy atom. The van der Waals surface area contributed by atoms with Crippen LogP contribution in [0.5, 0.6) is 0 Å². The van der Waals surface area contributed by atoms with E-state index in [0.717, 1.165) is 0 Å². The van der Waals surface area contributed by atoms with E-state index in [-0.39, 0.29) is 23.1 Å². The van der Waals surface area contributed by atoms with Gasteiger partial charge in [-0.05, 0) is 97.1 Å². The van der Waals surface area contributed by atoms with Crippen LogP contribution in [0.4, 0.5) is 316 Å². The van der Waals surface area contributed by atoms with Crippen LogP contribution in [0.3, 0.4) is 0 Å². The van der Waals surface area contributed by atoms with E-state index in [1.165, 1.54) is 0 Å². The monoisotopic (exact) mass is 2290 g/mol. The summed E-state index contributed by atoms with van der Waals surface area (Å²) >= 11 is 0. The molecular weight excluding hydrogens is 2280 g/mol. The van der Waals surface area contributed by atoms with Gasteiger partial charge in [0.15, 0.2) is 0 Å². The van der Waals surface area contributed by atoms with Crippen LogP contribution < -0.4 is 43.7 Å². The molecule has 0 saturated carbocycles. The van der Waals surface area contributed by atoms with Gasteiger partial charge < -0.3 is 0 Å². The quantitative estimate of drug-likeness (QED) is 0.105. The molecule has 8 aromatic carbocycles. The summed E-state index contributed by atoms with van der Waals surface area (Å²) in [4.78, 5) is 0. The maximum absolute atomic E-state index is 15.4. The van der Waals surface area contributed by atoms with Crippen molar-refractivity contribution in [2.75, 3.05) is 0 Å². The molecule has 0 saturated heterocycles. The second-order valence-corrected chi connectivity index (χ2v) is 29.6. The molecule has 8 aromatic rings. The number of halogens is 72. The summed E-state index contributed by atoms with van der Waals surface area (Å²) in [6.07, 6.45) is -203. The molecule has 816 valence electrons. The van der Waals surface area contributed by atoms with Crippen molar-refractivity contribution in [2.24, 2.45) is 0 Å². The van der Waals surface area contributed by atoms with Crippen LogP contribution in [0.15, 0.2) is 97.1 Å². The van der Waals surface area contributed by atoms with E-state index >= 15 is 211 Å². The Hall–Kier alpha value is -10.4. The third-order valence-corrected chi connectivity index (χ3v) is 20.4. The van der Waals surface area contributed by atoms with E-state index in [4.69, 9.17) is 0 Å². The Labute approximate surface area is 772 Å². The second kappa shape index (κ2) is 37.0. The Bertz CT molecular complexity index is 4830. The summed E-state index contributed by atoms with van der Waals surface area (Å²) in [5.41, 5.74) is -148. The predicted octanol–water partition coefficient (Wildman–Crippen LogP) is 30.2. The van der Waals surface area contributed by atoms with Gasteiger partial charge in [-0.15, -0.1) is 0 Å². The van der Waals surface area contributed by atoms with Crippen LogP contribution in [0.2, 0.25) is 0 Å². The summed E-state index contributed by atoms with van der Waals surface area (Å²) in [6, 6.07) is -36.2. The van der Waals surface area contributed by atoms with Gasteiger partial charge in [0, 0.05) is 89.0 Å². The zero-order valence-electron chi connectivity index (χ0n) is 66.3. The van der Waals surface area contributed by atoms with Crippen molar-refractivity contribution in [3.05, 3.63) is 231 Å². The molecule has 0 aromatic heterocycles. The van der Waals surface area contributed by atoms with Gasteiger partial charge >= 0.3 is 171 Å². The van der Waals surface area contributed by atoms with Gasteiger partial charge in [0.2, 0.25) is 0 Å². The maximum atomic E-state index is 15.4. The molecule has 0 fully saturated rings. The summed E-state index contributed by atoms with van der Waals surface area (Å²) < 4.78 is 1080. The topological polar surface area (TPSA) is 0 Å². The van der Waals surface area contributed by atoms with Crippen molar-refractivity contribution in [1.82, 2.24) is 0 Å². The van der Waals surface area contributed by atoms with Crippen LogP contribution in [0.1, 0.15) is 134 Å². The van der Waals surface area contributed by atoms with Crippen molar-refractivity contribution in [3.63, 3.8) is 0 Å². The van der Waals surface area contributed by atoms with Gasteiger partial charge in [0.1, 0.15) is 12.3 Å². The Morgan fingerprint density at radius 3 is 0.170 bits per heavy atom. The maximum Gasteiger partial charge on any atom is 2.00 e. The van der Waals surface area contributed by atoms with Crippen molar-refractivity contribution < 1.29 is 316 Å². The van der Waals surface area contributed by atoms with Gasteiger partial charge in [0.05, 0.1) is 44.5 Å². The Kier molecular flexibility index (Phi) is 31.6. The fraction of sp³-hybridized carbons (Fsp3) is 0.333. The van der Waals surface area contributed by atoms with E-state index in [1.54, 1.807) is 0 Å². The number of hydrogen-bond acceptors (Lipinski definition) is 0. The van der Waals surface area contributed by atoms with Crippen LogP contribution in [0.25, 0.3) is 0 Å². The van der Waals surface area contributed by atoms with Crippen molar-refractivity contribution in [3.8, 4) is 0 Å². The smallest absolute Gasteiger partial charge is 0.171 e. The molecule has 0 amide bonds. The first-order valence-corrected chi connectivity index (χ1v) is 35.2. The summed E-state index contributed by atoms with van der Waals surface area (Å²) in [5.74, 6) is 0. The van der Waals surface area contributed by atoms with Gasteiger partial charge in [-0.1, -0.05) is 0 Å². The zero-order chi connectivity index (χ0) is 115. The zero-order valence-corrected chi connectivity index (χ0v) is 67.7. The van der Waals surface area contributed by atoms with Gasteiger partial charge in [-0.3, -0.25) is 0 Å². The first kappa shape index (κ1) is 125. The second-order valence-electron chi connectivity index (χ2n) is 29.6. The molecule has 147 heavy (non-hydrogen) atoms. The number of rotatable bonds is 8. The van der Waals surface area contributed by atoms with Gasteiger partial charge in [0.25, 0.3) is 0 Å². The molecule has 8 rings (SSSR count). The molecule has 0 unspecified atom stereocenters. The van der Waals surface area contributed by atoms with Gasteiger partial charge in [-0.2, -0.15) is 360 Å².